The Morgan fingerprint density at radius 1 is 1.03 bits per heavy atom. The molecule has 5 nitrogen and oxygen atoms in total. The van der Waals surface area contributed by atoms with Crippen LogP contribution in [0.2, 0.25) is 0 Å². The van der Waals surface area contributed by atoms with Gasteiger partial charge >= 0.3 is 6.18 Å². The average molecular weight is 646 g/mol. The lowest BCUT2D eigenvalue weighted by Crippen LogP contribution is -2.16. The molecule has 4 rings (SSSR count). The van der Waals surface area contributed by atoms with Gasteiger partial charge in [0.2, 0.25) is 0 Å². The average Bonchev–Trinajstić information content (AvgIpc) is 3.45. The predicted octanol–water partition coefficient (Wildman–Crippen LogP) is 6.85. The number of nitrogens with zero attached hydrogens (tertiary/aromatic N) is 2. The van der Waals surface area contributed by atoms with Gasteiger partial charge < -0.3 is 5.11 Å². The van der Waals surface area contributed by atoms with E-state index in [0.29, 0.717) is 31.0 Å². The number of hydrogen-bond donors (Lipinski definition) is 1. The van der Waals surface area contributed by atoms with Gasteiger partial charge in [0.1, 0.15) is 0 Å². The van der Waals surface area contributed by atoms with E-state index >= 15 is 0 Å². The molecule has 2 heterocycles. The maximum atomic E-state index is 13.6. The van der Waals surface area contributed by atoms with Gasteiger partial charge in [0.25, 0.3) is 0 Å². The summed E-state index contributed by atoms with van der Waals surface area (Å²) in [5.74, 6) is 0. The molecule has 0 unspecified atom stereocenters. The highest BCUT2D eigenvalue weighted by Gasteiger charge is 2.35. The topological polar surface area (TPSA) is 72.2 Å². The number of alkyl halides is 4. The lowest BCUT2D eigenvalue weighted by molar-refractivity contribution is -0.141. The van der Waals surface area contributed by atoms with Crippen LogP contribution in [-0.4, -0.2) is 29.6 Å². The van der Waals surface area contributed by atoms with Crippen molar-refractivity contribution in [2.24, 2.45) is 0 Å². The third-order valence-corrected chi connectivity index (χ3v) is 8.62. The van der Waals surface area contributed by atoms with Crippen LogP contribution < -0.4 is 0 Å². The molecule has 11 heteroatoms. The molecular weight excluding hydrogens is 624 g/mol. The van der Waals surface area contributed by atoms with Crippen LogP contribution in [0.15, 0.2) is 65.6 Å². The van der Waals surface area contributed by atoms with E-state index in [2.05, 4.69) is 27.7 Å². The van der Waals surface area contributed by atoms with E-state index in [1.54, 1.807) is 44.2 Å². The first-order chi connectivity index (χ1) is 16.7. The fraction of sp³-hybridized carbons (Fsp3) is 0.240. The molecule has 4 aromatic rings. The summed E-state index contributed by atoms with van der Waals surface area (Å²) in [5.41, 5.74) is 0.326. The quantitative estimate of drug-likeness (QED) is 0.184. The van der Waals surface area contributed by atoms with Gasteiger partial charge in [-0.1, -0.05) is 40.8 Å². The van der Waals surface area contributed by atoms with E-state index in [-0.39, 0.29) is 10.6 Å². The number of aliphatic hydroxyl groups is 1. The van der Waals surface area contributed by atoms with Gasteiger partial charge in [0.05, 0.1) is 26.8 Å². The lowest BCUT2D eigenvalue weighted by Gasteiger charge is -2.19. The zero-order valence-electron chi connectivity index (χ0n) is 19.5. The summed E-state index contributed by atoms with van der Waals surface area (Å²) in [6.07, 6.45) is -3.54. The molecule has 0 radical (unpaired) electrons. The summed E-state index contributed by atoms with van der Waals surface area (Å²) in [7, 11) is -3.57. The Hall–Kier alpha value is -2.22. The van der Waals surface area contributed by atoms with Crippen molar-refractivity contribution >= 4 is 43.8 Å². The number of thiophene rings is 1. The second-order valence-corrected chi connectivity index (χ2v) is 12.7. The van der Waals surface area contributed by atoms with Gasteiger partial charge in [-0.2, -0.15) is 18.3 Å². The molecule has 2 aromatic heterocycles. The van der Waals surface area contributed by atoms with Crippen molar-refractivity contribution in [3.63, 3.8) is 0 Å². The highest BCUT2D eigenvalue weighted by Crippen LogP contribution is 2.40. The first-order valence-electron chi connectivity index (χ1n) is 10.7. The summed E-state index contributed by atoms with van der Waals surface area (Å²) in [5, 5.41) is 14.4. The molecule has 36 heavy (non-hydrogen) atoms. The van der Waals surface area contributed by atoms with Crippen molar-refractivity contribution in [1.29, 1.82) is 0 Å². The van der Waals surface area contributed by atoms with Crippen molar-refractivity contribution in [3.8, 4) is 26.7 Å². The zero-order chi connectivity index (χ0) is 26.5. The van der Waals surface area contributed by atoms with Gasteiger partial charge in [-0.3, -0.25) is 0 Å². The molecular formula is C25H22F3IN2O3S2. The number of hydrogen-bond acceptors (Lipinski definition) is 5. The smallest absolute Gasteiger partial charge is 0.386 e. The van der Waals surface area contributed by atoms with Crippen molar-refractivity contribution < 1.29 is 26.7 Å². The molecule has 0 aliphatic heterocycles. The third-order valence-electron chi connectivity index (χ3n) is 5.55. The van der Waals surface area contributed by atoms with E-state index in [0.717, 1.165) is 17.9 Å². The van der Waals surface area contributed by atoms with Crippen LogP contribution in [0.25, 0.3) is 26.7 Å². The Labute approximate surface area is 224 Å². The number of para-hydroxylation sites is 1. The van der Waals surface area contributed by atoms with Crippen LogP contribution in [0.5, 0.6) is 0 Å². The Morgan fingerprint density at radius 3 is 2.31 bits per heavy atom. The molecule has 0 atom stereocenters. The second kappa shape index (κ2) is 9.58. The van der Waals surface area contributed by atoms with Gasteiger partial charge in [-0.15, -0.1) is 11.3 Å². The number of halogens is 4. The van der Waals surface area contributed by atoms with E-state index in [9.17, 15) is 26.7 Å². The Bertz CT molecular complexity index is 1530. The van der Waals surface area contributed by atoms with Crippen LogP contribution in [-0.2, 0) is 26.0 Å². The van der Waals surface area contributed by atoms with Crippen LogP contribution in [0.4, 0.5) is 13.2 Å². The highest BCUT2D eigenvalue weighted by atomic mass is 127. The number of rotatable bonds is 6. The van der Waals surface area contributed by atoms with Crippen LogP contribution >= 0.6 is 33.9 Å². The Kier molecular flexibility index (Phi) is 7.14. The molecule has 0 fully saturated rings. The van der Waals surface area contributed by atoms with Gasteiger partial charge in [-0.25, -0.2) is 13.1 Å². The number of aromatic nitrogens is 2. The Balaban J connectivity index is 1.89. The zero-order valence-corrected chi connectivity index (χ0v) is 23.3. The van der Waals surface area contributed by atoms with Crippen LogP contribution in [0.1, 0.15) is 30.7 Å². The number of sulfone groups is 1. The SMILES string of the molecule is CC(C)(O)c1cc(-c2ccc(-c3cc(C(F)(F)F)nn3-c3ccccc3CI)s2)cc(S(C)(=O)=O)c1. The molecule has 0 aliphatic carbocycles. The van der Waals surface area contributed by atoms with Crippen LogP contribution in [0.3, 0.4) is 0 Å². The molecule has 0 aliphatic rings. The van der Waals surface area contributed by atoms with E-state index in [1.165, 1.54) is 28.2 Å². The monoisotopic (exact) mass is 646 g/mol. The minimum absolute atomic E-state index is 0.0486. The minimum Gasteiger partial charge on any atom is -0.386 e. The van der Waals surface area contributed by atoms with E-state index < -0.39 is 27.3 Å². The summed E-state index contributed by atoms with van der Waals surface area (Å²) in [6, 6.07) is 16.2. The summed E-state index contributed by atoms with van der Waals surface area (Å²) in [6.45, 7) is 3.11. The standard InChI is InChI=1S/C25H22F3IN2O3S2/c1-24(2,32)17-10-16(11-18(12-17)36(3,33)34)21-8-9-22(35-21)20-13-23(25(26,27)28)30-31(20)19-7-5-4-6-15(19)14-29/h4-13,32H,14H2,1-3H3. The molecule has 0 bridgehead atoms. The first-order valence-corrected chi connectivity index (χ1v) is 14.9. The molecule has 0 saturated heterocycles. The maximum absolute atomic E-state index is 13.6. The summed E-state index contributed by atoms with van der Waals surface area (Å²) in [4.78, 5) is 1.22. The molecule has 0 amide bonds. The van der Waals surface area contributed by atoms with Crippen LogP contribution in [0, 0.1) is 0 Å². The molecule has 0 spiro atoms. The fourth-order valence-electron chi connectivity index (χ4n) is 3.65. The van der Waals surface area contributed by atoms with E-state index in [1.807, 2.05) is 12.1 Å². The molecule has 2 aromatic carbocycles. The first kappa shape index (κ1) is 26.8. The summed E-state index contributed by atoms with van der Waals surface area (Å²) >= 11 is 3.37. The highest BCUT2D eigenvalue weighted by molar-refractivity contribution is 14.1. The second-order valence-electron chi connectivity index (χ2n) is 8.83. The van der Waals surface area contributed by atoms with Gasteiger partial charge in [0.15, 0.2) is 15.5 Å². The normalized spacial score (nSPS) is 12.8. The summed E-state index contributed by atoms with van der Waals surface area (Å²) < 4.78 is 67.3. The third kappa shape index (κ3) is 5.53. The Morgan fingerprint density at radius 2 is 1.69 bits per heavy atom. The molecule has 190 valence electrons. The molecule has 1 N–H and O–H groups in total. The lowest BCUT2D eigenvalue weighted by atomic mass is 9.96. The predicted molar refractivity (Wildman–Crippen MR) is 143 cm³/mol. The fourth-order valence-corrected chi connectivity index (χ4v) is 5.97. The van der Waals surface area contributed by atoms with Crippen molar-refractivity contribution in [1.82, 2.24) is 9.78 Å². The maximum Gasteiger partial charge on any atom is 0.435 e. The molecule has 0 saturated carbocycles. The largest absolute Gasteiger partial charge is 0.435 e. The van der Waals surface area contributed by atoms with E-state index in [4.69, 9.17) is 0 Å². The van der Waals surface area contributed by atoms with Crippen molar-refractivity contribution in [2.75, 3.05) is 6.26 Å². The van der Waals surface area contributed by atoms with Crippen molar-refractivity contribution in [2.45, 2.75) is 34.9 Å². The van der Waals surface area contributed by atoms with Crippen molar-refractivity contribution in [3.05, 3.63) is 77.5 Å². The number of benzene rings is 2. The van der Waals surface area contributed by atoms with Gasteiger partial charge in [0, 0.05) is 15.6 Å². The minimum atomic E-state index is -4.62. The van der Waals surface area contributed by atoms with Gasteiger partial charge in [-0.05, 0) is 73.0 Å².